The van der Waals surface area contributed by atoms with Gasteiger partial charge in [0.25, 0.3) is 0 Å². The van der Waals surface area contributed by atoms with Crippen LogP contribution in [-0.4, -0.2) is 9.97 Å². The Bertz CT molecular complexity index is 426. The van der Waals surface area contributed by atoms with Gasteiger partial charge in [0.2, 0.25) is 0 Å². The van der Waals surface area contributed by atoms with E-state index in [1.165, 1.54) is 11.1 Å². The molecule has 0 aliphatic carbocycles. The molecule has 0 saturated carbocycles. The summed E-state index contributed by atoms with van der Waals surface area (Å²) in [6.45, 7) is 4.09. The molecule has 0 saturated heterocycles. The summed E-state index contributed by atoms with van der Waals surface area (Å²) in [4.78, 5) is 8.45. The van der Waals surface area contributed by atoms with Crippen molar-refractivity contribution in [2.24, 2.45) is 0 Å². The summed E-state index contributed by atoms with van der Waals surface area (Å²) in [6.07, 6.45) is 0. The SMILES string of the molecule is Cc1cc2nc([S-])c([S-])nc2cc1C.[CH3-].[CH3-].[Pt+4]. The first-order chi connectivity index (χ1) is 6.58. The van der Waals surface area contributed by atoms with Crippen LogP contribution in [0, 0.1) is 28.7 Å². The van der Waals surface area contributed by atoms with Crippen LogP contribution in [-0.2, 0) is 46.3 Å². The van der Waals surface area contributed by atoms with Crippen LogP contribution in [0.4, 0.5) is 0 Å². The third-order valence-corrected chi connectivity index (χ3v) is 2.92. The monoisotopic (exact) mass is 445 g/mol. The fraction of sp³-hybridized carbons (Fsp3) is 0.167. The summed E-state index contributed by atoms with van der Waals surface area (Å²) in [6, 6.07) is 3.98. The van der Waals surface area contributed by atoms with Crippen molar-refractivity contribution < 1.29 is 21.1 Å². The van der Waals surface area contributed by atoms with Crippen LogP contribution in [0.2, 0.25) is 0 Å². The predicted octanol–water partition coefficient (Wildman–Crippen LogP) is 2.96. The molecule has 0 bridgehead atoms. The first-order valence-electron chi connectivity index (χ1n) is 4.21. The molecular formula is C12H14N2PtS2. The number of hydrogen-bond acceptors (Lipinski definition) is 4. The Kier molecular flexibility index (Phi) is 8.06. The van der Waals surface area contributed by atoms with E-state index in [1.54, 1.807) is 0 Å². The number of nitrogens with zero attached hydrogens (tertiary/aromatic N) is 2. The Morgan fingerprint density at radius 2 is 1.12 bits per heavy atom. The molecule has 2 nitrogen and oxygen atoms in total. The molecule has 0 N–H and O–H groups in total. The minimum Gasteiger partial charge on any atom is -0.760 e. The molecule has 0 spiro atoms. The van der Waals surface area contributed by atoms with E-state index in [4.69, 9.17) is 25.3 Å². The third kappa shape index (κ3) is 3.83. The second-order valence-electron chi connectivity index (χ2n) is 3.26. The molecule has 1 heterocycles. The average Bonchev–Trinajstić information content (AvgIpc) is 2.11. The van der Waals surface area contributed by atoms with Crippen molar-refractivity contribution in [2.45, 2.75) is 23.9 Å². The van der Waals surface area contributed by atoms with Gasteiger partial charge in [-0.3, -0.25) is 9.97 Å². The van der Waals surface area contributed by atoms with Crippen molar-refractivity contribution in [3.8, 4) is 0 Å². The normalized spacial score (nSPS) is 8.82. The Hall–Kier alpha value is -0.312. The number of hydrogen-bond donors (Lipinski definition) is 0. The van der Waals surface area contributed by atoms with Gasteiger partial charge in [-0.1, -0.05) is 10.1 Å². The second kappa shape index (κ2) is 7.20. The topological polar surface area (TPSA) is 25.8 Å². The van der Waals surface area contributed by atoms with E-state index in [-0.39, 0.29) is 35.9 Å². The molecule has 5 heteroatoms. The molecule has 0 unspecified atom stereocenters. The van der Waals surface area contributed by atoms with Crippen molar-refractivity contribution in [1.82, 2.24) is 9.97 Å². The van der Waals surface area contributed by atoms with E-state index >= 15 is 0 Å². The minimum absolute atomic E-state index is 0. The van der Waals surface area contributed by atoms with E-state index in [0.29, 0.717) is 10.1 Å². The molecule has 17 heavy (non-hydrogen) atoms. The zero-order valence-corrected chi connectivity index (χ0v) is 14.1. The molecular weight excluding hydrogens is 431 g/mol. The molecule has 0 atom stereocenters. The van der Waals surface area contributed by atoms with Crippen LogP contribution in [0.5, 0.6) is 0 Å². The van der Waals surface area contributed by atoms with Crippen molar-refractivity contribution in [3.63, 3.8) is 0 Å². The molecule has 0 aliphatic rings. The van der Waals surface area contributed by atoms with Crippen LogP contribution in [0.25, 0.3) is 11.0 Å². The van der Waals surface area contributed by atoms with Gasteiger partial charge in [0.15, 0.2) is 0 Å². The number of aromatic nitrogens is 2. The Morgan fingerprint density at radius 3 is 1.41 bits per heavy atom. The zero-order chi connectivity index (χ0) is 10.3. The Labute approximate surface area is 129 Å². The predicted molar refractivity (Wildman–Crippen MR) is 73.1 cm³/mol. The first-order valence-corrected chi connectivity index (χ1v) is 5.02. The maximum absolute atomic E-state index is 4.98. The molecule has 0 aliphatic heterocycles. The standard InChI is InChI=1S/C10H10N2S2.2CH3.Pt/c1-5-3-7-8(4-6(5)2)12-10(14)9(13)11-7;;;/h3-4H,1-2H3,(H,11,13)(H,12,14);2*1H3;/q;2*-1;+4/p-2. The summed E-state index contributed by atoms with van der Waals surface area (Å²) in [5.41, 5.74) is 4.04. The van der Waals surface area contributed by atoms with Gasteiger partial charge in [0, 0.05) is 0 Å². The molecule has 2 rings (SSSR count). The zero-order valence-electron chi connectivity index (χ0n) is 10.2. The van der Waals surface area contributed by atoms with E-state index in [2.05, 4.69) is 9.97 Å². The molecule has 1 aromatic heterocycles. The molecule has 0 radical (unpaired) electrons. The maximum Gasteiger partial charge on any atom is 4.00 e. The summed E-state index contributed by atoms with van der Waals surface area (Å²) in [5.74, 6) is 0. The fourth-order valence-electron chi connectivity index (χ4n) is 1.28. The van der Waals surface area contributed by atoms with Gasteiger partial charge >= 0.3 is 21.1 Å². The van der Waals surface area contributed by atoms with Gasteiger partial charge in [-0.15, -0.1) is 0 Å². The maximum atomic E-state index is 4.98. The Morgan fingerprint density at radius 1 is 0.824 bits per heavy atom. The van der Waals surface area contributed by atoms with Crippen LogP contribution in [0.1, 0.15) is 11.1 Å². The van der Waals surface area contributed by atoms with Gasteiger partial charge in [-0.25, -0.2) is 0 Å². The quantitative estimate of drug-likeness (QED) is 0.460. The number of aryl methyl sites for hydroxylation is 2. The van der Waals surface area contributed by atoms with Crippen LogP contribution in [0.15, 0.2) is 22.2 Å². The third-order valence-electron chi connectivity index (χ3n) is 2.22. The number of rotatable bonds is 0. The van der Waals surface area contributed by atoms with Gasteiger partial charge in [0.1, 0.15) is 0 Å². The fourth-order valence-corrected chi connectivity index (χ4v) is 1.57. The second-order valence-corrected chi connectivity index (χ2v) is 4.03. The minimum atomic E-state index is 0. The van der Waals surface area contributed by atoms with Crippen molar-refractivity contribution >= 4 is 36.3 Å². The largest absolute Gasteiger partial charge is 4.00 e. The van der Waals surface area contributed by atoms with Gasteiger partial charge < -0.3 is 40.1 Å². The van der Waals surface area contributed by atoms with E-state index in [1.807, 2.05) is 26.0 Å². The van der Waals surface area contributed by atoms with Crippen molar-refractivity contribution in [3.05, 3.63) is 38.1 Å². The van der Waals surface area contributed by atoms with E-state index in [0.717, 1.165) is 11.0 Å². The van der Waals surface area contributed by atoms with Crippen molar-refractivity contribution in [2.75, 3.05) is 0 Å². The summed E-state index contributed by atoms with van der Waals surface area (Å²) in [5, 5.41) is 0.825. The summed E-state index contributed by atoms with van der Waals surface area (Å²) >= 11 is 9.96. The van der Waals surface area contributed by atoms with E-state index < -0.39 is 0 Å². The molecule has 1 aromatic carbocycles. The van der Waals surface area contributed by atoms with Crippen LogP contribution >= 0.6 is 0 Å². The van der Waals surface area contributed by atoms with Gasteiger partial charge in [0.05, 0.1) is 11.0 Å². The average molecular weight is 445 g/mol. The molecule has 0 amide bonds. The summed E-state index contributed by atoms with van der Waals surface area (Å²) in [7, 11) is 0. The molecule has 0 fully saturated rings. The molecule has 2 aromatic rings. The van der Waals surface area contributed by atoms with Gasteiger partial charge in [-0.2, -0.15) is 0 Å². The molecule has 94 valence electrons. The van der Waals surface area contributed by atoms with Crippen LogP contribution in [0.3, 0.4) is 0 Å². The summed E-state index contributed by atoms with van der Waals surface area (Å²) < 4.78 is 0. The van der Waals surface area contributed by atoms with E-state index in [9.17, 15) is 0 Å². The first kappa shape index (κ1) is 19.0. The number of fused-ring (bicyclic) bond motifs is 1. The number of benzene rings is 1. The van der Waals surface area contributed by atoms with Crippen LogP contribution < -0.4 is 0 Å². The van der Waals surface area contributed by atoms with Gasteiger partial charge in [-0.05, 0) is 37.1 Å². The Balaban J connectivity index is 0. The van der Waals surface area contributed by atoms with Crippen molar-refractivity contribution in [1.29, 1.82) is 0 Å². The smallest absolute Gasteiger partial charge is 0.760 e.